The summed E-state index contributed by atoms with van der Waals surface area (Å²) in [6, 6.07) is 7.01. The van der Waals surface area contributed by atoms with Gasteiger partial charge in [0.15, 0.2) is 6.10 Å². The van der Waals surface area contributed by atoms with Crippen LogP contribution in [0.5, 0.6) is 0 Å². The summed E-state index contributed by atoms with van der Waals surface area (Å²) >= 11 is 0. The van der Waals surface area contributed by atoms with Crippen LogP contribution in [0.15, 0.2) is 29.1 Å². The van der Waals surface area contributed by atoms with Crippen LogP contribution >= 0.6 is 0 Å². The molecule has 7 nitrogen and oxygen atoms in total. The van der Waals surface area contributed by atoms with E-state index in [4.69, 9.17) is 10.5 Å². The van der Waals surface area contributed by atoms with Crippen LogP contribution in [0.3, 0.4) is 0 Å². The molecule has 0 saturated carbocycles. The van der Waals surface area contributed by atoms with Crippen molar-refractivity contribution in [3.63, 3.8) is 0 Å². The first-order chi connectivity index (χ1) is 10.4. The minimum atomic E-state index is -0.971. The maximum atomic E-state index is 12.2. The molecule has 0 aliphatic carbocycles. The van der Waals surface area contributed by atoms with Crippen molar-refractivity contribution >= 4 is 22.8 Å². The van der Waals surface area contributed by atoms with Crippen molar-refractivity contribution in [1.29, 1.82) is 0 Å². The fraction of sp³-hybridized carbons (Fsp3) is 0.333. The first kappa shape index (κ1) is 15.7. The van der Waals surface area contributed by atoms with E-state index in [1.807, 2.05) is 0 Å². The van der Waals surface area contributed by atoms with Gasteiger partial charge < -0.3 is 10.5 Å². The van der Waals surface area contributed by atoms with Crippen LogP contribution in [0.25, 0.3) is 10.9 Å². The zero-order valence-electron chi connectivity index (χ0n) is 12.4. The van der Waals surface area contributed by atoms with Crippen LogP contribution in [0.2, 0.25) is 0 Å². The van der Waals surface area contributed by atoms with Crippen molar-refractivity contribution < 1.29 is 14.3 Å². The lowest BCUT2D eigenvalue weighted by atomic mass is 10.2. The van der Waals surface area contributed by atoms with E-state index in [1.54, 1.807) is 31.3 Å². The highest BCUT2D eigenvalue weighted by Gasteiger charge is 2.15. The number of aromatic nitrogens is 2. The predicted octanol–water partition coefficient (Wildman–Crippen LogP) is 0.283. The van der Waals surface area contributed by atoms with Crippen LogP contribution in [-0.4, -0.2) is 27.5 Å². The Bertz CT molecular complexity index is 782. The quantitative estimate of drug-likeness (QED) is 0.799. The Morgan fingerprint density at radius 1 is 1.36 bits per heavy atom. The highest BCUT2D eigenvalue weighted by atomic mass is 16.5. The first-order valence-electron chi connectivity index (χ1n) is 6.83. The molecular formula is C15H17N3O4. The second-order valence-electron chi connectivity index (χ2n) is 4.94. The number of aryl methyl sites for hydroxylation is 1. The summed E-state index contributed by atoms with van der Waals surface area (Å²) in [5.74, 6) is -0.786. The van der Waals surface area contributed by atoms with Crippen LogP contribution in [0, 0.1) is 0 Å². The molecular weight excluding hydrogens is 286 g/mol. The molecule has 0 fully saturated rings. The number of nitrogens with zero attached hydrogens (tertiary/aromatic N) is 2. The minimum absolute atomic E-state index is 0.0102. The number of nitrogens with two attached hydrogens (primary N) is 1. The van der Waals surface area contributed by atoms with Crippen LogP contribution in [0.1, 0.15) is 19.2 Å². The summed E-state index contributed by atoms with van der Waals surface area (Å²) in [4.78, 5) is 39.1. The number of carbonyl (C=O) groups excluding carboxylic acids is 2. The standard InChI is InChI=1S/C15H17N3O4/c1-9(14(16)20)22-13(19)8-7-12-17-11-6-4-3-5-10(11)15(21)18(12)2/h3-6,9H,7-8H2,1-2H3,(H2,16,20). The molecule has 0 aliphatic rings. The lowest BCUT2D eigenvalue weighted by Crippen LogP contribution is -2.30. The van der Waals surface area contributed by atoms with E-state index in [0.717, 1.165) is 0 Å². The van der Waals surface area contributed by atoms with Gasteiger partial charge in [-0.3, -0.25) is 19.0 Å². The third-order valence-electron chi connectivity index (χ3n) is 3.34. The highest BCUT2D eigenvalue weighted by Crippen LogP contribution is 2.09. The van der Waals surface area contributed by atoms with Gasteiger partial charge in [0.05, 0.1) is 17.3 Å². The number of hydrogen-bond acceptors (Lipinski definition) is 5. The second kappa shape index (κ2) is 6.38. The van der Waals surface area contributed by atoms with Gasteiger partial charge in [-0.1, -0.05) is 12.1 Å². The molecule has 1 aromatic heterocycles. The number of rotatable bonds is 5. The lowest BCUT2D eigenvalue weighted by molar-refractivity contribution is -0.153. The normalized spacial score (nSPS) is 12.1. The summed E-state index contributed by atoms with van der Waals surface area (Å²) in [6.07, 6.45) is -0.724. The Hall–Kier alpha value is -2.70. The van der Waals surface area contributed by atoms with Crippen molar-refractivity contribution in [2.75, 3.05) is 0 Å². The smallest absolute Gasteiger partial charge is 0.307 e. The van der Waals surface area contributed by atoms with Crippen molar-refractivity contribution in [3.8, 4) is 0 Å². The van der Waals surface area contributed by atoms with Gasteiger partial charge in [0.2, 0.25) is 0 Å². The van der Waals surface area contributed by atoms with E-state index < -0.39 is 18.0 Å². The van der Waals surface area contributed by atoms with Gasteiger partial charge in [-0.05, 0) is 19.1 Å². The Labute approximate surface area is 126 Å². The minimum Gasteiger partial charge on any atom is -0.453 e. The number of hydrogen-bond donors (Lipinski definition) is 1. The monoisotopic (exact) mass is 303 g/mol. The maximum Gasteiger partial charge on any atom is 0.307 e. The first-order valence-corrected chi connectivity index (χ1v) is 6.83. The Morgan fingerprint density at radius 2 is 2.05 bits per heavy atom. The largest absolute Gasteiger partial charge is 0.453 e. The van der Waals surface area contributed by atoms with Gasteiger partial charge in [-0.15, -0.1) is 0 Å². The molecule has 7 heteroatoms. The molecule has 1 atom stereocenters. The molecule has 2 rings (SSSR count). The van der Waals surface area contributed by atoms with Crippen LogP contribution < -0.4 is 11.3 Å². The fourth-order valence-electron chi connectivity index (χ4n) is 2.02. The van der Waals surface area contributed by atoms with Gasteiger partial charge in [-0.25, -0.2) is 4.98 Å². The van der Waals surface area contributed by atoms with Crippen LogP contribution in [-0.2, 0) is 27.8 Å². The summed E-state index contributed by atoms with van der Waals surface area (Å²) in [5.41, 5.74) is 5.44. The molecule has 0 radical (unpaired) electrons. The van der Waals surface area contributed by atoms with Gasteiger partial charge in [-0.2, -0.15) is 0 Å². The maximum absolute atomic E-state index is 12.2. The Kier molecular flexibility index (Phi) is 4.55. The number of carbonyl (C=O) groups is 2. The topological polar surface area (TPSA) is 104 Å². The Balaban J connectivity index is 2.15. The van der Waals surface area contributed by atoms with Gasteiger partial charge in [0, 0.05) is 13.5 Å². The molecule has 1 amide bonds. The van der Waals surface area contributed by atoms with E-state index >= 15 is 0 Å². The zero-order valence-corrected chi connectivity index (χ0v) is 12.4. The van der Waals surface area contributed by atoms with E-state index in [2.05, 4.69) is 4.98 Å². The molecule has 116 valence electrons. The number of ether oxygens (including phenoxy) is 1. The van der Waals surface area contributed by atoms with E-state index in [-0.39, 0.29) is 18.4 Å². The molecule has 2 aromatic rings. The number of amides is 1. The molecule has 0 saturated heterocycles. The second-order valence-corrected chi connectivity index (χ2v) is 4.94. The van der Waals surface area contributed by atoms with Gasteiger partial charge in [0.1, 0.15) is 5.82 Å². The molecule has 1 aromatic carbocycles. The van der Waals surface area contributed by atoms with E-state index in [9.17, 15) is 14.4 Å². The zero-order chi connectivity index (χ0) is 16.3. The summed E-state index contributed by atoms with van der Waals surface area (Å²) in [6.45, 7) is 1.41. The fourth-order valence-corrected chi connectivity index (χ4v) is 2.02. The lowest BCUT2D eigenvalue weighted by Gasteiger charge is -2.11. The van der Waals surface area contributed by atoms with Gasteiger partial charge in [0.25, 0.3) is 11.5 Å². The molecule has 0 spiro atoms. The summed E-state index contributed by atoms with van der Waals surface area (Å²) in [7, 11) is 1.61. The average Bonchev–Trinajstić information content (AvgIpc) is 2.49. The van der Waals surface area contributed by atoms with E-state index in [0.29, 0.717) is 16.7 Å². The molecule has 2 N–H and O–H groups in total. The Morgan fingerprint density at radius 3 is 2.73 bits per heavy atom. The highest BCUT2D eigenvalue weighted by molar-refractivity contribution is 5.82. The average molecular weight is 303 g/mol. The summed E-state index contributed by atoms with van der Waals surface area (Å²) in [5, 5.41) is 0.527. The van der Waals surface area contributed by atoms with Crippen molar-refractivity contribution in [2.24, 2.45) is 12.8 Å². The molecule has 1 unspecified atom stereocenters. The SMILES string of the molecule is CC(OC(=O)CCc1nc2ccccc2c(=O)n1C)C(N)=O. The molecule has 0 aliphatic heterocycles. The third-order valence-corrected chi connectivity index (χ3v) is 3.34. The van der Waals surface area contributed by atoms with Gasteiger partial charge >= 0.3 is 5.97 Å². The van der Waals surface area contributed by atoms with E-state index in [1.165, 1.54) is 11.5 Å². The van der Waals surface area contributed by atoms with Crippen molar-refractivity contribution in [3.05, 3.63) is 40.4 Å². The molecule has 22 heavy (non-hydrogen) atoms. The molecule has 0 bridgehead atoms. The number of para-hydroxylation sites is 1. The number of primary amides is 1. The van der Waals surface area contributed by atoms with Crippen molar-refractivity contribution in [2.45, 2.75) is 25.9 Å². The third kappa shape index (κ3) is 3.30. The van der Waals surface area contributed by atoms with Crippen molar-refractivity contribution in [1.82, 2.24) is 9.55 Å². The number of esters is 1. The molecule has 1 heterocycles. The van der Waals surface area contributed by atoms with Crippen LogP contribution in [0.4, 0.5) is 0 Å². The summed E-state index contributed by atoms with van der Waals surface area (Å²) < 4.78 is 6.27. The predicted molar refractivity (Wildman–Crippen MR) is 80.1 cm³/mol. The number of fused-ring (bicyclic) bond motifs is 1. The number of benzene rings is 1.